The van der Waals surface area contributed by atoms with Crippen molar-refractivity contribution in [1.29, 1.82) is 0 Å². The first kappa shape index (κ1) is 16.9. The maximum atomic E-state index is 12.1. The average molecular weight is 327 g/mol. The third kappa shape index (κ3) is 4.24. The standard InChI is InChI=1S/C15H16F3N3O2/c1-9-6-19-14-10(4-3-5-11(14)23-2)13(9)20-7-12(22)21-8-15(16,17)18/h3-6H,7-8H2,1-2H3,(H,19,20)(H,21,22). The van der Waals surface area contributed by atoms with Gasteiger partial charge in [0.1, 0.15) is 17.8 Å². The minimum atomic E-state index is -4.43. The van der Waals surface area contributed by atoms with Gasteiger partial charge in [0.15, 0.2) is 0 Å². The molecule has 23 heavy (non-hydrogen) atoms. The van der Waals surface area contributed by atoms with E-state index in [2.05, 4.69) is 10.3 Å². The molecule has 124 valence electrons. The van der Waals surface area contributed by atoms with Crippen molar-refractivity contribution in [1.82, 2.24) is 10.3 Å². The Morgan fingerprint density at radius 2 is 2.09 bits per heavy atom. The number of methoxy groups -OCH3 is 1. The Morgan fingerprint density at radius 3 is 2.74 bits per heavy atom. The molecule has 0 atom stereocenters. The Bertz CT molecular complexity index is 717. The second kappa shape index (κ2) is 6.72. The minimum Gasteiger partial charge on any atom is -0.494 e. The van der Waals surface area contributed by atoms with Crippen LogP contribution in [-0.4, -0.2) is 37.3 Å². The number of rotatable bonds is 5. The Morgan fingerprint density at radius 1 is 1.35 bits per heavy atom. The van der Waals surface area contributed by atoms with Gasteiger partial charge in [0.25, 0.3) is 0 Å². The number of nitrogens with zero attached hydrogens (tertiary/aromatic N) is 1. The lowest BCUT2D eigenvalue weighted by Crippen LogP contribution is -2.37. The fourth-order valence-corrected chi connectivity index (χ4v) is 2.12. The molecular formula is C15H16F3N3O2. The van der Waals surface area contributed by atoms with E-state index >= 15 is 0 Å². The van der Waals surface area contributed by atoms with Crippen LogP contribution in [0.25, 0.3) is 10.9 Å². The number of alkyl halides is 3. The number of pyridine rings is 1. The van der Waals surface area contributed by atoms with E-state index in [1.54, 1.807) is 31.3 Å². The number of hydrogen-bond acceptors (Lipinski definition) is 4. The van der Waals surface area contributed by atoms with Gasteiger partial charge >= 0.3 is 6.18 Å². The molecule has 0 aliphatic rings. The summed E-state index contributed by atoms with van der Waals surface area (Å²) < 4.78 is 41.5. The summed E-state index contributed by atoms with van der Waals surface area (Å²) in [4.78, 5) is 15.8. The first-order chi connectivity index (χ1) is 10.8. The summed E-state index contributed by atoms with van der Waals surface area (Å²) in [6, 6.07) is 5.33. The summed E-state index contributed by atoms with van der Waals surface area (Å²) in [7, 11) is 1.52. The smallest absolute Gasteiger partial charge is 0.405 e. The molecule has 2 aromatic rings. The molecule has 0 aliphatic heterocycles. The maximum Gasteiger partial charge on any atom is 0.405 e. The summed E-state index contributed by atoms with van der Waals surface area (Å²) in [6.45, 7) is 0.173. The van der Waals surface area contributed by atoms with Gasteiger partial charge in [-0.15, -0.1) is 0 Å². The van der Waals surface area contributed by atoms with Gasteiger partial charge in [-0.25, -0.2) is 0 Å². The fourth-order valence-electron chi connectivity index (χ4n) is 2.12. The van der Waals surface area contributed by atoms with E-state index in [4.69, 9.17) is 4.74 Å². The minimum absolute atomic E-state index is 0.271. The normalized spacial score (nSPS) is 11.3. The van der Waals surface area contributed by atoms with E-state index in [-0.39, 0.29) is 6.54 Å². The first-order valence-corrected chi connectivity index (χ1v) is 6.81. The molecule has 1 aromatic heterocycles. The zero-order valence-electron chi connectivity index (χ0n) is 12.6. The molecule has 0 unspecified atom stereocenters. The zero-order valence-corrected chi connectivity index (χ0v) is 12.6. The Balaban J connectivity index is 2.17. The highest BCUT2D eigenvalue weighted by Crippen LogP contribution is 2.30. The number of aromatic nitrogens is 1. The number of carbonyl (C=O) groups is 1. The highest BCUT2D eigenvalue weighted by molar-refractivity contribution is 5.97. The molecule has 0 aliphatic carbocycles. The SMILES string of the molecule is COc1cccc2c(NCC(=O)NCC(F)(F)F)c(C)cnc12. The van der Waals surface area contributed by atoms with Crippen LogP contribution in [0, 0.1) is 6.92 Å². The number of amides is 1. The van der Waals surface area contributed by atoms with Crippen LogP contribution >= 0.6 is 0 Å². The second-order valence-corrected chi connectivity index (χ2v) is 4.92. The monoisotopic (exact) mass is 327 g/mol. The van der Waals surface area contributed by atoms with E-state index in [1.807, 2.05) is 5.32 Å². The molecule has 8 heteroatoms. The van der Waals surface area contributed by atoms with Crippen molar-refractivity contribution in [2.45, 2.75) is 13.1 Å². The second-order valence-electron chi connectivity index (χ2n) is 4.92. The number of para-hydroxylation sites is 1. The molecule has 0 bridgehead atoms. The maximum absolute atomic E-state index is 12.1. The van der Waals surface area contributed by atoms with Gasteiger partial charge < -0.3 is 15.4 Å². The van der Waals surface area contributed by atoms with Crippen LogP contribution in [0.2, 0.25) is 0 Å². The third-order valence-electron chi connectivity index (χ3n) is 3.18. The molecular weight excluding hydrogens is 311 g/mol. The molecule has 0 saturated heterocycles. The molecule has 2 N–H and O–H groups in total. The average Bonchev–Trinajstić information content (AvgIpc) is 2.50. The lowest BCUT2D eigenvalue weighted by molar-refractivity contribution is -0.137. The zero-order chi connectivity index (χ0) is 17.0. The molecule has 0 spiro atoms. The predicted molar refractivity (Wildman–Crippen MR) is 80.6 cm³/mol. The van der Waals surface area contributed by atoms with Crippen LogP contribution < -0.4 is 15.4 Å². The van der Waals surface area contributed by atoms with E-state index < -0.39 is 18.6 Å². The third-order valence-corrected chi connectivity index (χ3v) is 3.18. The van der Waals surface area contributed by atoms with Crippen molar-refractivity contribution in [3.8, 4) is 5.75 Å². The topological polar surface area (TPSA) is 63.2 Å². The van der Waals surface area contributed by atoms with Crippen LogP contribution in [0.1, 0.15) is 5.56 Å². The predicted octanol–water partition coefficient (Wildman–Crippen LogP) is 2.64. The number of carbonyl (C=O) groups excluding carboxylic acids is 1. The lowest BCUT2D eigenvalue weighted by Gasteiger charge is -2.14. The Labute approximate surface area is 130 Å². The summed E-state index contributed by atoms with van der Waals surface area (Å²) in [5.41, 5.74) is 2.02. The molecule has 0 radical (unpaired) electrons. The highest BCUT2D eigenvalue weighted by Gasteiger charge is 2.27. The van der Waals surface area contributed by atoms with E-state index in [1.165, 1.54) is 7.11 Å². The van der Waals surface area contributed by atoms with Gasteiger partial charge in [0, 0.05) is 17.3 Å². The quantitative estimate of drug-likeness (QED) is 0.886. The number of nitrogens with one attached hydrogen (secondary N) is 2. The Kier molecular flexibility index (Phi) is 4.92. The van der Waals surface area contributed by atoms with Gasteiger partial charge in [-0.3, -0.25) is 9.78 Å². The van der Waals surface area contributed by atoms with Crippen LogP contribution in [0.3, 0.4) is 0 Å². The molecule has 2 rings (SSSR count). The summed E-state index contributed by atoms with van der Waals surface area (Å²) in [5.74, 6) is -0.165. The number of hydrogen-bond donors (Lipinski definition) is 2. The van der Waals surface area contributed by atoms with Gasteiger partial charge in [0.05, 0.1) is 13.7 Å². The van der Waals surface area contributed by atoms with E-state index in [0.29, 0.717) is 17.0 Å². The van der Waals surface area contributed by atoms with Gasteiger partial charge in [-0.1, -0.05) is 12.1 Å². The van der Waals surface area contributed by atoms with Crippen LogP contribution in [0.15, 0.2) is 24.4 Å². The van der Waals surface area contributed by atoms with Gasteiger partial charge in [-0.05, 0) is 18.6 Å². The van der Waals surface area contributed by atoms with Crippen molar-refractivity contribution in [2.75, 3.05) is 25.5 Å². The number of benzene rings is 1. The Hall–Kier alpha value is -2.51. The summed E-state index contributed by atoms with van der Waals surface area (Å²) >= 11 is 0. The first-order valence-electron chi connectivity index (χ1n) is 6.81. The molecule has 5 nitrogen and oxygen atoms in total. The molecule has 0 saturated carbocycles. The van der Waals surface area contributed by atoms with Crippen molar-refractivity contribution >= 4 is 22.5 Å². The molecule has 1 heterocycles. The van der Waals surface area contributed by atoms with Gasteiger partial charge in [0.2, 0.25) is 5.91 Å². The van der Waals surface area contributed by atoms with Crippen molar-refractivity contribution in [2.24, 2.45) is 0 Å². The molecule has 1 aromatic carbocycles. The van der Waals surface area contributed by atoms with Crippen molar-refractivity contribution in [3.63, 3.8) is 0 Å². The summed E-state index contributed by atoms with van der Waals surface area (Å²) in [6.07, 6.45) is -2.82. The van der Waals surface area contributed by atoms with E-state index in [0.717, 1.165) is 10.9 Å². The van der Waals surface area contributed by atoms with Crippen molar-refractivity contribution < 1.29 is 22.7 Å². The van der Waals surface area contributed by atoms with Crippen LogP contribution in [-0.2, 0) is 4.79 Å². The molecule has 0 fully saturated rings. The van der Waals surface area contributed by atoms with Crippen LogP contribution in [0.5, 0.6) is 5.75 Å². The van der Waals surface area contributed by atoms with Gasteiger partial charge in [-0.2, -0.15) is 13.2 Å². The number of aryl methyl sites for hydroxylation is 1. The number of fused-ring (bicyclic) bond motifs is 1. The number of ether oxygens (including phenoxy) is 1. The largest absolute Gasteiger partial charge is 0.494 e. The van der Waals surface area contributed by atoms with E-state index in [9.17, 15) is 18.0 Å². The number of halogens is 3. The van der Waals surface area contributed by atoms with Crippen molar-refractivity contribution in [3.05, 3.63) is 30.0 Å². The number of anilines is 1. The lowest BCUT2D eigenvalue weighted by atomic mass is 10.1. The highest BCUT2D eigenvalue weighted by atomic mass is 19.4. The summed E-state index contributed by atoms with van der Waals surface area (Å²) in [5, 5.41) is 5.41. The molecule has 1 amide bonds. The fraction of sp³-hybridized carbons (Fsp3) is 0.333. The van der Waals surface area contributed by atoms with Crippen LogP contribution in [0.4, 0.5) is 18.9 Å².